The maximum atomic E-state index is 5.85. The molecule has 0 aliphatic carbocycles. The van der Waals surface area contributed by atoms with Gasteiger partial charge >= 0.3 is 0 Å². The maximum Gasteiger partial charge on any atom is 0.228 e. The van der Waals surface area contributed by atoms with E-state index in [1.54, 1.807) is 0 Å². The molecule has 0 saturated carbocycles. The summed E-state index contributed by atoms with van der Waals surface area (Å²) in [5.74, 6) is 0.619. The van der Waals surface area contributed by atoms with Gasteiger partial charge in [-0.15, -0.1) is 0 Å². The molecule has 0 amide bonds. The van der Waals surface area contributed by atoms with E-state index in [0.29, 0.717) is 5.95 Å². The Balaban J connectivity index is 3.33. The van der Waals surface area contributed by atoms with Crippen LogP contribution in [-0.4, -0.2) is 31.4 Å². The van der Waals surface area contributed by atoms with Gasteiger partial charge in [-0.3, -0.25) is 0 Å². The Kier molecular flexibility index (Phi) is 4.23. The molecule has 4 nitrogen and oxygen atoms in total. The van der Waals surface area contributed by atoms with Gasteiger partial charge in [0, 0.05) is 0 Å². The van der Waals surface area contributed by atoms with Gasteiger partial charge < -0.3 is 4.23 Å². The van der Waals surface area contributed by atoms with Crippen LogP contribution in [0, 0.1) is 0 Å². The van der Waals surface area contributed by atoms with Gasteiger partial charge in [-0.1, -0.05) is 39.3 Å². The van der Waals surface area contributed by atoms with Crippen molar-refractivity contribution in [2.75, 3.05) is 4.23 Å². The highest BCUT2D eigenvalue weighted by Crippen LogP contribution is 2.26. The van der Waals surface area contributed by atoms with Crippen LogP contribution in [0.5, 0.6) is 0 Å². The summed E-state index contributed by atoms with van der Waals surface area (Å²) in [4.78, 5) is 12.2. The average molecular weight is 309 g/mol. The van der Waals surface area contributed by atoms with Crippen LogP contribution in [0.3, 0.4) is 0 Å². The lowest BCUT2D eigenvalue weighted by Gasteiger charge is -2.43. The summed E-state index contributed by atoms with van der Waals surface area (Å²) >= 11 is 11.7. The van der Waals surface area contributed by atoms with Gasteiger partial charge in [0.15, 0.2) is 0 Å². The lowest BCUT2D eigenvalue weighted by molar-refractivity contribution is 1.03. The molecule has 1 aromatic rings. The number of rotatable bonds is 3. The highest BCUT2D eigenvalue weighted by molar-refractivity contribution is 6.99. The molecule has 0 atom stereocenters. The maximum absolute atomic E-state index is 5.85. The largest absolute Gasteiger partial charge is 0.394 e. The van der Waals surface area contributed by atoms with E-state index in [-0.39, 0.29) is 10.6 Å². The minimum absolute atomic E-state index is 0.154. The third kappa shape index (κ3) is 3.91. The molecule has 8 heteroatoms. The van der Waals surface area contributed by atoms with Crippen LogP contribution in [0.4, 0.5) is 5.95 Å². The fraction of sp³-hybridized carbons (Fsp3) is 0.667. The van der Waals surface area contributed by atoms with Gasteiger partial charge in [-0.05, 0) is 23.2 Å². The summed E-state index contributed by atoms with van der Waals surface area (Å²) < 4.78 is 2.35. The first-order valence-electron chi connectivity index (χ1n) is 5.39. The summed E-state index contributed by atoms with van der Waals surface area (Å²) in [5, 5.41) is 0.308. The zero-order chi connectivity index (χ0) is 13.4. The van der Waals surface area contributed by atoms with Crippen molar-refractivity contribution in [3.05, 3.63) is 10.6 Å². The predicted molar refractivity (Wildman–Crippen MR) is 79.0 cm³/mol. The average Bonchev–Trinajstić information content (AvgIpc) is 1.93. The second-order valence-corrected chi connectivity index (χ2v) is 16.6. The third-order valence-corrected chi connectivity index (χ3v) is 9.56. The van der Waals surface area contributed by atoms with E-state index >= 15 is 0 Å². The van der Waals surface area contributed by atoms with Crippen LogP contribution in [-0.2, 0) is 0 Å². The Morgan fingerprint density at radius 1 is 0.765 bits per heavy atom. The van der Waals surface area contributed by atoms with Crippen molar-refractivity contribution in [2.45, 2.75) is 39.3 Å². The first kappa shape index (κ1) is 14.9. The fourth-order valence-electron chi connectivity index (χ4n) is 2.02. The third-order valence-electron chi connectivity index (χ3n) is 2.11. The lowest BCUT2D eigenvalue weighted by atomic mass is 11.0. The SMILES string of the molecule is C[Si](C)(C)N(c1nc(Cl)nc(Cl)n1)[Si](C)(C)C. The van der Waals surface area contributed by atoms with Gasteiger partial charge in [0.25, 0.3) is 0 Å². The van der Waals surface area contributed by atoms with Crippen molar-refractivity contribution in [1.82, 2.24) is 15.0 Å². The number of aromatic nitrogens is 3. The molecule has 0 aliphatic rings. The Labute approximate surface area is 115 Å². The first-order valence-corrected chi connectivity index (χ1v) is 13.0. The number of nitrogens with zero attached hydrogens (tertiary/aromatic N) is 4. The van der Waals surface area contributed by atoms with Gasteiger partial charge in [0.2, 0.25) is 16.5 Å². The molecule has 0 fully saturated rings. The zero-order valence-electron chi connectivity index (χ0n) is 11.0. The standard InChI is InChI=1S/C9H18Cl2N4Si2/c1-16(2,3)15(17(4,5)6)9-13-7(10)12-8(11)14-9/h1-6H3. The van der Waals surface area contributed by atoms with Crippen LogP contribution in [0.15, 0.2) is 0 Å². The molecule has 0 bridgehead atoms. The lowest BCUT2D eigenvalue weighted by Crippen LogP contribution is -2.60. The Morgan fingerprint density at radius 3 is 1.41 bits per heavy atom. The van der Waals surface area contributed by atoms with E-state index in [1.807, 2.05) is 0 Å². The quantitative estimate of drug-likeness (QED) is 0.799. The molecular weight excluding hydrogens is 291 g/mol. The first-order chi connectivity index (χ1) is 7.51. The van der Waals surface area contributed by atoms with Crippen LogP contribution in [0.2, 0.25) is 49.8 Å². The van der Waals surface area contributed by atoms with E-state index in [1.165, 1.54) is 0 Å². The highest BCUT2D eigenvalue weighted by Gasteiger charge is 2.36. The molecule has 1 aromatic heterocycles. The van der Waals surface area contributed by atoms with Crippen LogP contribution in [0.1, 0.15) is 0 Å². The smallest absolute Gasteiger partial charge is 0.228 e. The summed E-state index contributed by atoms with van der Waals surface area (Å²) in [6.45, 7) is 13.6. The predicted octanol–water partition coefficient (Wildman–Crippen LogP) is 3.65. The van der Waals surface area contributed by atoms with E-state index in [4.69, 9.17) is 23.2 Å². The Bertz CT molecular complexity index is 380. The monoisotopic (exact) mass is 308 g/mol. The molecule has 1 rings (SSSR count). The number of hydrogen-bond donors (Lipinski definition) is 0. The molecule has 0 aliphatic heterocycles. The molecule has 96 valence electrons. The van der Waals surface area contributed by atoms with E-state index in [2.05, 4.69) is 58.5 Å². The molecule has 0 radical (unpaired) electrons. The van der Waals surface area contributed by atoms with Gasteiger partial charge in [0.1, 0.15) is 16.5 Å². The minimum atomic E-state index is -1.58. The van der Waals surface area contributed by atoms with Gasteiger partial charge in [-0.2, -0.15) is 15.0 Å². The second kappa shape index (κ2) is 4.83. The number of anilines is 1. The van der Waals surface area contributed by atoms with Crippen molar-refractivity contribution in [3.8, 4) is 0 Å². The van der Waals surface area contributed by atoms with Crippen molar-refractivity contribution in [2.24, 2.45) is 0 Å². The van der Waals surface area contributed by atoms with E-state index < -0.39 is 16.5 Å². The van der Waals surface area contributed by atoms with Crippen LogP contribution in [0.25, 0.3) is 0 Å². The fourth-order valence-corrected chi connectivity index (χ4v) is 11.8. The van der Waals surface area contributed by atoms with Crippen LogP contribution < -0.4 is 4.23 Å². The molecule has 0 spiro atoms. The summed E-state index contributed by atoms with van der Waals surface area (Å²) in [6, 6.07) is 0. The highest BCUT2D eigenvalue weighted by atomic mass is 35.5. The summed E-state index contributed by atoms with van der Waals surface area (Å²) in [5.41, 5.74) is 0. The molecular formula is C9H18Cl2N4Si2. The second-order valence-electron chi connectivity index (χ2n) is 5.85. The molecule has 1 heterocycles. The molecule has 17 heavy (non-hydrogen) atoms. The molecule has 0 unspecified atom stereocenters. The normalized spacial score (nSPS) is 12.7. The van der Waals surface area contributed by atoms with Crippen molar-refractivity contribution in [3.63, 3.8) is 0 Å². The van der Waals surface area contributed by atoms with Gasteiger partial charge in [-0.25, -0.2) is 0 Å². The van der Waals surface area contributed by atoms with Crippen molar-refractivity contribution >= 4 is 45.6 Å². The molecule has 0 N–H and O–H groups in total. The van der Waals surface area contributed by atoms with Crippen molar-refractivity contribution < 1.29 is 0 Å². The molecule has 0 aromatic carbocycles. The number of halogens is 2. The van der Waals surface area contributed by atoms with E-state index in [0.717, 1.165) is 0 Å². The van der Waals surface area contributed by atoms with Gasteiger partial charge in [0.05, 0.1) is 0 Å². The molecule has 0 saturated heterocycles. The van der Waals surface area contributed by atoms with E-state index in [9.17, 15) is 0 Å². The Hall–Kier alpha value is -0.176. The zero-order valence-corrected chi connectivity index (χ0v) is 14.6. The topological polar surface area (TPSA) is 41.9 Å². The summed E-state index contributed by atoms with van der Waals surface area (Å²) in [6.07, 6.45) is 0. The minimum Gasteiger partial charge on any atom is -0.394 e. The Morgan fingerprint density at radius 2 is 1.12 bits per heavy atom. The van der Waals surface area contributed by atoms with Crippen molar-refractivity contribution in [1.29, 1.82) is 0 Å². The summed E-state index contributed by atoms with van der Waals surface area (Å²) in [7, 11) is -3.17. The van der Waals surface area contributed by atoms with Crippen LogP contribution >= 0.6 is 23.2 Å². The number of hydrogen-bond acceptors (Lipinski definition) is 4.